The van der Waals surface area contributed by atoms with E-state index in [0.29, 0.717) is 11.4 Å². The fraction of sp³-hybridized carbons (Fsp3) is 0.537. The molecule has 4 rings (SSSR count). The normalized spacial score (nSPS) is 13.7. The van der Waals surface area contributed by atoms with Crippen LogP contribution in [0.2, 0.25) is 5.02 Å². The first-order valence-corrected chi connectivity index (χ1v) is 21.5. The Morgan fingerprint density at radius 1 is 0.786 bits per heavy atom. The number of aromatic nitrogens is 2. The second-order valence-electron chi connectivity index (χ2n) is 13.9. The quantitative estimate of drug-likeness (QED) is 0.0687. The number of unbranched alkanes of at least 4 members (excludes halogenated alkanes) is 15. The van der Waals surface area contributed by atoms with E-state index in [0.717, 1.165) is 55.1 Å². The number of amides is 1. The summed E-state index contributed by atoms with van der Waals surface area (Å²) >= 11 is 6.27. The van der Waals surface area contributed by atoms with Crippen molar-refractivity contribution >= 4 is 56.7 Å². The Hall–Kier alpha value is -4.43. The summed E-state index contributed by atoms with van der Waals surface area (Å²) in [6.07, 6.45) is 19.7. The zero-order chi connectivity index (χ0) is 40.5. The van der Waals surface area contributed by atoms with Gasteiger partial charge in [0.05, 0.1) is 39.0 Å². The van der Waals surface area contributed by atoms with Crippen molar-refractivity contribution in [3.63, 3.8) is 0 Å². The summed E-state index contributed by atoms with van der Waals surface area (Å²) in [6, 6.07) is 9.17. The number of fused-ring (bicyclic) bond motifs is 1. The van der Waals surface area contributed by atoms with Gasteiger partial charge in [0.25, 0.3) is 15.9 Å². The molecule has 0 saturated heterocycles. The van der Waals surface area contributed by atoms with Gasteiger partial charge >= 0.3 is 11.9 Å². The molecule has 1 N–H and O–H groups in total. The zero-order valence-electron chi connectivity index (χ0n) is 33.1. The Kier molecular flexibility index (Phi) is 17.7. The summed E-state index contributed by atoms with van der Waals surface area (Å²) in [5.74, 6) is -2.74. The first-order chi connectivity index (χ1) is 27.1. The maximum absolute atomic E-state index is 14.6. The van der Waals surface area contributed by atoms with E-state index in [9.17, 15) is 22.8 Å². The molecule has 0 bridgehead atoms. The number of sulfonamides is 1. The van der Waals surface area contributed by atoms with Crippen molar-refractivity contribution in [2.45, 2.75) is 121 Å². The highest BCUT2D eigenvalue weighted by atomic mass is 35.5. The third-order valence-corrected chi connectivity index (χ3v) is 12.0. The van der Waals surface area contributed by atoms with Crippen LogP contribution < -0.4 is 10.1 Å². The molecule has 1 amide bonds. The van der Waals surface area contributed by atoms with Crippen molar-refractivity contribution in [1.29, 1.82) is 0 Å². The SMILES string of the molecule is CCCCCCCCCCCCCCCCCCN1C(C(C(=O)Nc2cc(Cl)ccc2OC)n2cnc(C(=O)OC)c2C(=O)OC)=Nc2ccccc2S1(=O)=O. The van der Waals surface area contributed by atoms with Gasteiger partial charge < -0.3 is 24.1 Å². The number of halogens is 1. The Labute approximate surface area is 336 Å². The number of carbonyl (C=O) groups excluding carboxylic acids is 3. The molecule has 13 nitrogen and oxygen atoms in total. The molecule has 0 aliphatic carbocycles. The summed E-state index contributed by atoms with van der Waals surface area (Å²) in [6.45, 7) is 2.25. The molecule has 1 aromatic heterocycles. The molecule has 0 saturated carbocycles. The highest BCUT2D eigenvalue weighted by Crippen LogP contribution is 2.37. The molecule has 306 valence electrons. The number of aliphatic imine (C=N–C) groups is 1. The molecular weight excluding hydrogens is 758 g/mol. The fourth-order valence-corrected chi connectivity index (χ4v) is 8.67. The van der Waals surface area contributed by atoms with E-state index >= 15 is 0 Å². The monoisotopic (exact) mass is 813 g/mol. The van der Waals surface area contributed by atoms with Crippen molar-refractivity contribution in [2.24, 2.45) is 4.99 Å². The summed E-state index contributed by atoms with van der Waals surface area (Å²) in [5.41, 5.74) is -0.580. The van der Waals surface area contributed by atoms with Crippen LogP contribution in [-0.4, -0.2) is 73.8 Å². The van der Waals surface area contributed by atoms with Gasteiger partial charge in [0.1, 0.15) is 10.6 Å². The lowest BCUT2D eigenvalue weighted by Crippen LogP contribution is -2.48. The number of nitrogens with zero attached hydrogens (tertiary/aromatic N) is 4. The largest absolute Gasteiger partial charge is 0.495 e. The van der Waals surface area contributed by atoms with Gasteiger partial charge in [0, 0.05) is 11.6 Å². The molecule has 0 radical (unpaired) electrons. The van der Waals surface area contributed by atoms with Crippen LogP contribution in [0.3, 0.4) is 0 Å². The van der Waals surface area contributed by atoms with Crippen LogP contribution in [0.4, 0.5) is 11.4 Å². The van der Waals surface area contributed by atoms with Gasteiger partial charge in [-0.05, 0) is 36.8 Å². The van der Waals surface area contributed by atoms with Gasteiger partial charge in [0.15, 0.2) is 23.3 Å². The molecule has 1 unspecified atom stereocenters. The number of anilines is 1. The minimum atomic E-state index is -4.25. The maximum Gasteiger partial charge on any atom is 0.359 e. The number of imidazole rings is 1. The summed E-state index contributed by atoms with van der Waals surface area (Å²) in [7, 11) is -0.610. The number of benzene rings is 2. The summed E-state index contributed by atoms with van der Waals surface area (Å²) < 4.78 is 46.3. The number of ether oxygens (including phenoxy) is 3. The van der Waals surface area contributed by atoms with Crippen molar-refractivity contribution in [3.05, 3.63) is 65.2 Å². The Bertz CT molecular complexity index is 1910. The Morgan fingerprint density at radius 3 is 1.93 bits per heavy atom. The summed E-state index contributed by atoms with van der Waals surface area (Å²) in [4.78, 5) is 49.4. The number of carbonyl (C=O) groups is 3. The lowest BCUT2D eigenvalue weighted by molar-refractivity contribution is -0.117. The van der Waals surface area contributed by atoms with Crippen molar-refractivity contribution in [3.8, 4) is 5.75 Å². The number of para-hydroxylation sites is 1. The van der Waals surface area contributed by atoms with Gasteiger partial charge in [-0.2, -0.15) is 0 Å². The number of rotatable bonds is 24. The van der Waals surface area contributed by atoms with Crippen LogP contribution in [0.1, 0.15) is 137 Å². The number of nitrogens with one attached hydrogen (secondary N) is 1. The predicted molar refractivity (Wildman–Crippen MR) is 218 cm³/mol. The van der Waals surface area contributed by atoms with Crippen LogP contribution in [0, 0.1) is 0 Å². The zero-order valence-corrected chi connectivity index (χ0v) is 34.6. The number of hydrogen-bond acceptors (Lipinski definition) is 10. The van der Waals surface area contributed by atoms with E-state index in [-0.39, 0.29) is 34.4 Å². The average Bonchev–Trinajstić information content (AvgIpc) is 3.62. The van der Waals surface area contributed by atoms with Crippen molar-refractivity contribution in [2.75, 3.05) is 33.2 Å². The topological polar surface area (TPSA) is 158 Å². The number of methoxy groups -OCH3 is 3. The Balaban J connectivity index is 1.56. The maximum atomic E-state index is 14.6. The molecule has 0 spiro atoms. The molecule has 1 aliphatic rings. The first kappa shape index (κ1) is 44.3. The predicted octanol–water partition coefficient (Wildman–Crippen LogP) is 9.29. The molecule has 15 heteroatoms. The second-order valence-corrected chi connectivity index (χ2v) is 16.2. The second kappa shape index (κ2) is 22.3. The van der Waals surface area contributed by atoms with Crippen LogP contribution in [-0.2, 0) is 24.3 Å². The summed E-state index contributed by atoms with van der Waals surface area (Å²) in [5, 5.41) is 3.05. The van der Waals surface area contributed by atoms with Crippen molar-refractivity contribution in [1.82, 2.24) is 13.9 Å². The molecule has 1 aliphatic heterocycles. The van der Waals surface area contributed by atoms with E-state index in [1.807, 2.05) is 0 Å². The first-order valence-electron chi connectivity index (χ1n) is 19.7. The van der Waals surface area contributed by atoms with Crippen LogP contribution in [0.5, 0.6) is 5.75 Å². The molecule has 2 heterocycles. The highest BCUT2D eigenvalue weighted by Gasteiger charge is 2.43. The van der Waals surface area contributed by atoms with E-state index < -0.39 is 45.3 Å². The molecule has 2 aromatic carbocycles. The van der Waals surface area contributed by atoms with E-state index in [1.54, 1.807) is 24.3 Å². The average molecular weight is 814 g/mol. The molecule has 1 atom stereocenters. The number of amidine groups is 1. The lowest BCUT2D eigenvalue weighted by Gasteiger charge is -2.34. The van der Waals surface area contributed by atoms with Crippen LogP contribution in [0.25, 0.3) is 0 Å². The number of esters is 2. The van der Waals surface area contributed by atoms with E-state index in [4.69, 9.17) is 30.8 Å². The van der Waals surface area contributed by atoms with Gasteiger partial charge in [0.2, 0.25) is 0 Å². The lowest BCUT2D eigenvalue weighted by atomic mass is 10.0. The van der Waals surface area contributed by atoms with Gasteiger partial charge in [-0.25, -0.2) is 28.0 Å². The number of hydrogen-bond donors (Lipinski definition) is 1. The van der Waals surface area contributed by atoms with Crippen molar-refractivity contribution < 1.29 is 37.0 Å². The third-order valence-electron chi connectivity index (χ3n) is 9.88. The standard InChI is InChI=1S/C41H56ClN5O8S/c1-5-6-7-8-9-10-11-12-13-14-15-16-17-18-19-22-27-47-38(44-31-23-20-21-24-34(31)56(47,51)52)37(39(48)45-32-28-30(42)25-26-33(32)53-2)46-29-43-35(40(49)54-3)36(46)41(50)55-4/h20-21,23-26,28-29,37H,5-19,22,27H2,1-4H3,(H,45,48). The molecule has 0 fully saturated rings. The smallest absolute Gasteiger partial charge is 0.359 e. The van der Waals surface area contributed by atoms with E-state index in [2.05, 4.69) is 17.2 Å². The highest BCUT2D eigenvalue weighted by molar-refractivity contribution is 7.90. The molecule has 56 heavy (non-hydrogen) atoms. The van der Waals surface area contributed by atoms with Gasteiger partial charge in [-0.1, -0.05) is 127 Å². The molecule has 3 aromatic rings. The molecular formula is C41H56ClN5O8S. The van der Waals surface area contributed by atoms with Gasteiger partial charge in [-0.3, -0.25) is 9.10 Å². The minimum Gasteiger partial charge on any atom is -0.495 e. The minimum absolute atomic E-state index is 0.00429. The van der Waals surface area contributed by atoms with Crippen LogP contribution in [0.15, 0.2) is 58.7 Å². The third kappa shape index (κ3) is 11.6. The van der Waals surface area contributed by atoms with Crippen LogP contribution >= 0.6 is 11.6 Å². The van der Waals surface area contributed by atoms with E-state index in [1.165, 1.54) is 95.9 Å². The Morgan fingerprint density at radius 2 is 1.36 bits per heavy atom. The fourth-order valence-electron chi connectivity index (χ4n) is 6.87. The van der Waals surface area contributed by atoms with Gasteiger partial charge in [-0.15, -0.1) is 0 Å².